The van der Waals surface area contributed by atoms with E-state index in [0.717, 1.165) is 0 Å². The van der Waals surface area contributed by atoms with E-state index in [1.807, 2.05) is 0 Å². The smallest absolute Gasteiger partial charge is 0.269 e. The van der Waals surface area contributed by atoms with Gasteiger partial charge in [-0.1, -0.05) is 12.1 Å². The molecule has 1 aliphatic rings. The number of nitro groups is 1. The Labute approximate surface area is 143 Å². The first-order valence-corrected chi connectivity index (χ1v) is 7.58. The highest BCUT2D eigenvalue weighted by molar-refractivity contribution is 5.74. The lowest BCUT2D eigenvalue weighted by atomic mass is 10.0. The number of aliphatic hydroxyl groups is 4. The summed E-state index contributed by atoms with van der Waals surface area (Å²) in [7, 11) is 0. The number of nitro benzene ring substituents is 1. The molecular weight excluding hydrogens is 336 g/mol. The van der Waals surface area contributed by atoms with Gasteiger partial charge >= 0.3 is 0 Å². The van der Waals surface area contributed by atoms with Crippen molar-refractivity contribution in [2.45, 2.75) is 37.6 Å². The minimum Gasteiger partial charge on any atom is -0.394 e. The lowest BCUT2D eigenvalue weighted by molar-refractivity contribution is -0.385. The van der Waals surface area contributed by atoms with E-state index >= 15 is 0 Å². The molecule has 10 nitrogen and oxygen atoms in total. The quantitative estimate of drug-likeness (QED) is 0.371. The SMILES string of the molecule is CC(=O)N1C[C@@H]([C@@H](O)[C@H](O)[C@H](O)CO)O[C@@H]1c1cccc([N+](=O)[O-])c1. The minimum atomic E-state index is -1.67. The highest BCUT2D eigenvalue weighted by Crippen LogP contribution is 2.33. The molecule has 2 rings (SSSR count). The zero-order valence-electron chi connectivity index (χ0n) is 13.4. The van der Waals surface area contributed by atoms with E-state index in [2.05, 4.69) is 0 Å². The van der Waals surface area contributed by atoms with Crippen LogP contribution >= 0.6 is 0 Å². The third kappa shape index (κ3) is 4.11. The number of nitrogens with zero attached hydrogens (tertiary/aromatic N) is 2. The number of hydrogen-bond donors (Lipinski definition) is 4. The summed E-state index contributed by atoms with van der Waals surface area (Å²) in [5, 5.41) is 49.2. The lowest BCUT2D eigenvalue weighted by Crippen LogP contribution is -2.47. The minimum absolute atomic E-state index is 0.0843. The summed E-state index contributed by atoms with van der Waals surface area (Å²) in [4.78, 5) is 23.4. The van der Waals surface area contributed by atoms with Crippen molar-refractivity contribution in [1.29, 1.82) is 0 Å². The van der Waals surface area contributed by atoms with Crippen molar-refractivity contribution in [3.63, 3.8) is 0 Å². The molecule has 25 heavy (non-hydrogen) atoms. The summed E-state index contributed by atoms with van der Waals surface area (Å²) in [5.74, 6) is -0.386. The molecule has 0 unspecified atom stereocenters. The Balaban J connectivity index is 2.25. The number of non-ortho nitro benzene ring substituents is 1. The van der Waals surface area contributed by atoms with Gasteiger partial charge in [0, 0.05) is 24.6 Å². The summed E-state index contributed by atoms with van der Waals surface area (Å²) in [5.41, 5.74) is 0.167. The van der Waals surface area contributed by atoms with Crippen molar-refractivity contribution >= 4 is 11.6 Å². The van der Waals surface area contributed by atoms with Gasteiger partial charge in [-0.15, -0.1) is 0 Å². The number of carbonyl (C=O) groups is 1. The Hall–Kier alpha value is -2.11. The Morgan fingerprint density at radius 3 is 2.68 bits per heavy atom. The molecule has 1 saturated heterocycles. The van der Waals surface area contributed by atoms with E-state index in [4.69, 9.17) is 9.84 Å². The summed E-state index contributed by atoms with van der Waals surface area (Å²) in [6.45, 7) is 0.441. The van der Waals surface area contributed by atoms with Crippen molar-refractivity contribution in [3.05, 3.63) is 39.9 Å². The van der Waals surface area contributed by atoms with E-state index in [1.54, 1.807) is 6.07 Å². The maximum absolute atomic E-state index is 11.9. The predicted octanol–water partition coefficient (Wildman–Crippen LogP) is -1.08. The molecule has 1 fully saturated rings. The van der Waals surface area contributed by atoms with Gasteiger partial charge in [0.05, 0.1) is 18.1 Å². The van der Waals surface area contributed by atoms with Crippen LogP contribution in [0.5, 0.6) is 0 Å². The molecule has 0 radical (unpaired) electrons. The Morgan fingerprint density at radius 1 is 1.44 bits per heavy atom. The van der Waals surface area contributed by atoms with Crippen molar-refractivity contribution in [1.82, 2.24) is 4.90 Å². The van der Waals surface area contributed by atoms with Crippen LogP contribution in [0.2, 0.25) is 0 Å². The summed E-state index contributed by atoms with van der Waals surface area (Å²) < 4.78 is 5.61. The van der Waals surface area contributed by atoms with E-state index in [-0.39, 0.29) is 18.1 Å². The summed E-state index contributed by atoms with van der Waals surface area (Å²) in [6, 6.07) is 5.54. The zero-order valence-corrected chi connectivity index (χ0v) is 13.4. The highest BCUT2D eigenvalue weighted by Gasteiger charge is 2.42. The fraction of sp³-hybridized carbons (Fsp3) is 0.533. The second-order valence-electron chi connectivity index (χ2n) is 5.78. The normalized spacial score (nSPS) is 24.0. The number of benzene rings is 1. The molecule has 0 saturated carbocycles. The molecule has 0 spiro atoms. The van der Waals surface area contributed by atoms with Crippen LogP contribution < -0.4 is 0 Å². The molecule has 0 aliphatic carbocycles. The van der Waals surface area contributed by atoms with Crippen LogP contribution in [0.1, 0.15) is 18.7 Å². The largest absolute Gasteiger partial charge is 0.394 e. The number of hydrogen-bond acceptors (Lipinski definition) is 8. The van der Waals surface area contributed by atoms with E-state index in [1.165, 1.54) is 30.0 Å². The molecule has 1 amide bonds. The van der Waals surface area contributed by atoms with Crippen LogP contribution in [0, 0.1) is 10.1 Å². The standard InChI is InChI=1S/C15H20N2O8/c1-8(19)16-6-12(14(22)13(21)11(20)7-18)25-15(16)9-3-2-4-10(5-9)17(23)24/h2-5,11-15,18,20-22H,6-7H2,1H3/t11-,12+,13-,14-,15-/m1/s1. The first-order chi connectivity index (χ1) is 11.8. The van der Waals surface area contributed by atoms with Gasteiger partial charge in [0.2, 0.25) is 5.91 Å². The van der Waals surface area contributed by atoms with Gasteiger partial charge in [-0.25, -0.2) is 0 Å². The molecule has 1 aliphatic heterocycles. The molecule has 10 heteroatoms. The number of amides is 1. The van der Waals surface area contributed by atoms with Crippen LogP contribution in [0.25, 0.3) is 0 Å². The van der Waals surface area contributed by atoms with Gasteiger partial charge in [-0.2, -0.15) is 0 Å². The number of ether oxygens (including phenoxy) is 1. The number of aliphatic hydroxyl groups excluding tert-OH is 4. The monoisotopic (exact) mass is 356 g/mol. The van der Waals surface area contributed by atoms with Crippen LogP contribution in [0.15, 0.2) is 24.3 Å². The second-order valence-corrected chi connectivity index (χ2v) is 5.78. The zero-order chi connectivity index (χ0) is 18.7. The van der Waals surface area contributed by atoms with Crippen LogP contribution in [-0.2, 0) is 9.53 Å². The molecule has 5 atom stereocenters. The molecule has 4 N–H and O–H groups in total. The molecule has 1 heterocycles. The van der Waals surface area contributed by atoms with Gasteiger partial charge in [-0.3, -0.25) is 14.9 Å². The van der Waals surface area contributed by atoms with E-state index in [0.29, 0.717) is 5.56 Å². The predicted molar refractivity (Wildman–Crippen MR) is 83.2 cm³/mol. The van der Waals surface area contributed by atoms with Crippen LogP contribution in [0.4, 0.5) is 5.69 Å². The van der Waals surface area contributed by atoms with E-state index < -0.39 is 42.2 Å². The van der Waals surface area contributed by atoms with Gasteiger partial charge < -0.3 is 30.1 Å². The maximum Gasteiger partial charge on any atom is 0.269 e. The fourth-order valence-electron chi connectivity index (χ4n) is 2.66. The van der Waals surface area contributed by atoms with Crippen molar-refractivity contribution in [3.8, 4) is 0 Å². The van der Waals surface area contributed by atoms with Crippen molar-refractivity contribution in [2.24, 2.45) is 0 Å². The third-order valence-electron chi connectivity index (χ3n) is 4.05. The van der Waals surface area contributed by atoms with Gasteiger partial charge in [-0.05, 0) is 0 Å². The lowest BCUT2D eigenvalue weighted by Gasteiger charge is -2.25. The van der Waals surface area contributed by atoms with Gasteiger partial charge in [0.15, 0.2) is 6.23 Å². The first kappa shape index (κ1) is 19.2. The Kier molecular flexibility index (Phi) is 6.03. The molecule has 1 aromatic rings. The molecule has 138 valence electrons. The second kappa shape index (κ2) is 7.85. The Morgan fingerprint density at radius 2 is 2.12 bits per heavy atom. The number of rotatable bonds is 6. The molecule has 0 bridgehead atoms. The average molecular weight is 356 g/mol. The Bertz CT molecular complexity index is 640. The number of carbonyl (C=O) groups excluding carboxylic acids is 1. The summed E-state index contributed by atoms with van der Waals surface area (Å²) in [6.07, 6.45) is -6.82. The first-order valence-electron chi connectivity index (χ1n) is 7.58. The van der Waals surface area contributed by atoms with Gasteiger partial charge in [0.1, 0.15) is 24.4 Å². The topological polar surface area (TPSA) is 154 Å². The molecule has 1 aromatic carbocycles. The third-order valence-corrected chi connectivity index (χ3v) is 4.05. The highest BCUT2D eigenvalue weighted by atomic mass is 16.6. The maximum atomic E-state index is 11.9. The van der Waals surface area contributed by atoms with Crippen LogP contribution in [-0.4, -0.2) is 73.7 Å². The van der Waals surface area contributed by atoms with Crippen molar-refractivity contribution < 1.29 is 34.9 Å². The van der Waals surface area contributed by atoms with Crippen molar-refractivity contribution in [2.75, 3.05) is 13.2 Å². The molecule has 0 aromatic heterocycles. The van der Waals surface area contributed by atoms with Crippen LogP contribution in [0.3, 0.4) is 0 Å². The average Bonchev–Trinajstić information content (AvgIpc) is 3.05. The molecular formula is C15H20N2O8. The fourth-order valence-corrected chi connectivity index (χ4v) is 2.66. The summed E-state index contributed by atoms with van der Waals surface area (Å²) >= 11 is 0. The van der Waals surface area contributed by atoms with E-state index in [9.17, 15) is 30.2 Å². The van der Waals surface area contributed by atoms with Gasteiger partial charge in [0.25, 0.3) is 5.69 Å².